The van der Waals surface area contributed by atoms with Crippen LogP contribution in [0.1, 0.15) is 5.56 Å². The monoisotopic (exact) mass is 169 g/mol. The van der Waals surface area contributed by atoms with Gasteiger partial charge in [-0.15, -0.1) is 0 Å². The van der Waals surface area contributed by atoms with Crippen molar-refractivity contribution >= 4 is 0 Å². The highest BCUT2D eigenvalue weighted by atomic mass is 14.6. The summed E-state index contributed by atoms with van der Waals surface area (Å²) < 4.78 is 0. The molecule has 0 aliphatic rings. The zero-order valence-electron chi connectivity index (χ0n) is 7.57. The van der Waals surface area contributed by atoms with Crippen molar-refractivity contribution in [1.29, 1.82) is 0 Å². The molecule has 1 heterocycles. The van der Waals surface area contributed by atoms with Crippen molar-refractivity contribution in [2.75, 3.05) is 0 Å². The van der Waals surface area contributed by atoms with Gasteiger partial charge in [0.25, 0.3) is 0 Å². The molecule has 0 amide bonds. The average molecular weight is 169 g/mol. The van der Waals surface area contributed by atoms with E-state index < -0.39 is 0 Å². The summed E-state index contributed by atoms with van der Waals surface area (Å²) in [6.07, 6.45) is 3.64. The highest BCUT2D eigenvalue weighted by molar-refractivity contribution is 5.66. The van der Waals surface area contributed by atoms with Crippen LogP contribution in [0.25, 0.3) is 11.1 Å². The molecule has 2 aromatic rings. The van der Waals surface area contributed by atoms with Crippen LogP contribution in [-0.4, -0.2) is 4.98 Å². The second kappa shape index (κ2) is 3.40. The molecule has 64 valence electrons. The summed E-state index contributed by atoms with van der Waals surface area (Å²) in [7, 11) is 0. The van der Waals surface area contributed by atoms with E-state index in [0.29, 0.717) is 0 Å². The number of hydrogen-bond donors (Lipinski definition) is 0. The summed E-state index contributed by atoms with van der Waals surface area (Å²) in [5.41, 5.74) is 3.81. The Morgan fingerprint density at radius 3 is 2.31 bits per heavy atom. The van der Waals surface area contributed by atoms with E-state index in [-0.39, 0.29) is 0 Å². The fourth-order valence-electron chi connectivity index (χ4n) is 1.43. The molecule has 1 aromatic heterocycles. The van der Waals surface area contributed by atoms with Crippen LogP contribution in [0.5, 0.6) is 0 Å². The molecule has 1 aromatic carbocycles. The molecule has 0 bridgehead atoms. The summed E-state index contributed by atoms with van der Waals surface area (Å²) >= 11 is 0. The molecule has 0 N–H and O–H groups in total. The van der Waals surface area contributed by atoms with E-state index in [1.165, 1.54) is 16.7 Å². The van der Waals surface area contributed by atoms with Crippen LogP contribution in [0.3, 0.4) is 0 Å². The predicted molar refractivity (Wildman–Crippen MR) is 54.4 cm³/mol. The van der Waals surface area contributed by atoms with Gasteiger partial charge in [-0.25, -0.2) is 0 Å². The highest BCUT2D eigenvalue weighted by Crippen LogP contribution is 2.21. The second-order valence-electron chi connectivity index (χ2n) is 3.05. The molecule has 2 rings (SSSR count). The number of aryl methyl sites for hydroxylation is 1. The largest absolute Gasteiger partial charge is 0.265 e. The predicted octanol–water partition coefficient (Wildman–Crippen LogP) is 3.06. The average Bonchev–Trinajstić information content (AvgIpc) is 2.20. The lowest BCUT2D eigenvalue weighted by atomic mass is 10.0. The van der Waals surface area contributed by atoms with Gasteiger partial charge in [0.1, 0.15) is 0 Å². The first-order valence-electron chi connectivity index (χ1n) is 4.34. The molecule has 0 unspecified atom stereocenters. The molecule has 0 fully saturated rings. The van der Waals surface area contributed by atoms with E-state index in [9.17, 15) is 0 Å². The van der Waals surface area contributed by atoms with E-state index in [2.05, 4.69) is 36.2 Å². The number of aromatic nitrogens is 1. The maximum absolute atomic E-state index is 4.00. The summed E-state index contributed by atoms with van der Waals surface area (Å²) in [4.78, 5) is 4.00. The van der Waals surface area contributed by atoms with Gasteiger partial charge in [-0.05, 0) is 35.7 Å². The van der Waals surface area contributed by atoms with Crippen LogP contribution in [0.4, 0.5) is 0 Å². The van der Waals surface area contributed by atoms with Gasteiger partial charge in [0.05, 0.1) is 0 Å². The molecular weight excluding hydrogens is 158 g/mol. The quantitative estimate of drug-likeness (QED) is 0.639. The third-order valence-electron chi connectivity index (χ3n) is 2.14. The number of rotatable bonds is 1. The van der Waals surface area contributed by atoms with Crippen molar-refractivity contribution in [2.45, 2.75) is 6.92 Å². The van der Waals surface area contributed by atoms with E-state index in [0.717, 1.165) is 0 Å². The van der Waals surface area contributed by atoms with E-state index >= 15 is 0 Å². The van der Waals surface area contributed by atoms with Crippen molar-refractivity contribution < 1.29 is 0 Å². The van der Waals surface area contributed by atoms with Gasteiger partial charge in [0.2, 0.25) is 0 Å². The molecule has 1 nitrogen and oxygen atoms in total. The van der Waals surface area contributed by atoms with E-state index in [1.807, 2.05) is 24.5 Å². The Hall–Kier alpha value is -1.63. The first-order chi connectivity index (χ1) is 6.38. The molecule has 0 aliphatic carbocycles. The standard InChI is InChI=1S/C12H11N/c1-10-4-2-3-5-12(10)11-6-8-13-9-7-11/h2-9H,1H3. The van der Waals surface area contributed by atoms with E-state index in [4.69, 9.17) is 0 Å². The Morgan fingerprint density at radius 2 is 1.62 bits per heavy atom. The van der Waals surface area contributed by atoms with Gasteiger partial charge >= 0.3 is 0 Å². The van der Waals surface area contributed by atoms with Crippen molar-refractivity contribution in [3.63, 3.8) is 0 Å². The fraction of sp³-hybridized carbons (Fsp3) is 0.0833. The highest BCUT2D eigenvalue weighted by Gasteiger charge is 1.98. The van der Waals surface area contributed by atoms with Gasteiger partial charge in [0, 0.05) is 12.4 Å². The minimum atomic E-state index is 1.23. The molecule has 0 atom stereocenters. The molecule has 0 saturated heterocycles. The van der Waals surface area contributed by atoms with Gasteiger partial charge < -0.3 is 0 Å². The lowest BCUT2D eigenvalue weighted by Gasteiger charge is -2.03. The number of benzene rings is 1. The molecule has 1 heteroatoms. The summed E-state index contributed by atoms with van der Waals surface area (Å²) in [6, 6.07) is 12.4. The van der Waals surface area contributed by atoms with Crippen molar-refractivity contribution in [3.8, 4) is 11.1 Å². The Balaban J connectivity index is 2.54. The normalized spacial score (nSPS) is 9.92. The van der Waals surface area contributed by atoms with Crippen LogP contribution >= 0.6 is 0 Å². The molecule has 13 heavy (non-hydrogen) atoms. The summed E-state index contributed by atoms with van der Waals surface area (Å²) in [6.45, 7) is 2.12. The SMILES string of the molecule is Cc1ccccc1-c1ccncc1. The van der Waals surface area contributed by atoms with Crippen molar-refractivity contribution in [2.24, 2.45) is 0 Å². The number of nitrogens with zero attached hydrogens (tertiary/aromatic N) is 1. The fourth-order valence-corrected chi connectivity index (χ4v) is 1.43. The smallest absolute Gasteiger partial charge is 0.0273 e. The van der Waals surface area contributed by atoms with Gasteiger partial charge in [-0.3, -0.25) is 4.98 Å². The molecule has 0 spiro atoms. The van der Waals surface area contributed by atoms with Gasteiger partial charge in [-0.1, -0.05) is 24.3 Å². The van der Waals surface area contributed by atoms with Crippen LogP contribution in [0.15, 0.2) is 48.8 Å². The Bertz CT molecular complexity index is 393. The van der Waals surface area contributed by atoms with Crippen LogP contribution in [-0.2, 0) is 0 Å². The maximum Gasteiger partial charge on any atom is 0.0273 e. The van der Waals surface area contributed by atoms with E-state index in [1.54, 1.807) is 0 Å². The Morgan fingerprint density at radius 1 is 0.923 bits per heavy atom. The Labute approximate surface area is 78.1 Å². The molecule has 0 radical (unpaired) electrons. The van der Waals surface area contributed by atoms with Gasteiger partial charge in [0.15, 0.2) is 0 Å². The summed E-state index contributed by atoms with van der Waals surface area (Å²) in [5.74, 6) is 0. The van der Waals surface area contributed by atoms with Crippen molar-refractivity contribution in [3.05, 3.63) is 54.4 Å². The summed E-state index contributed by atoms with van der Waals surface area (Å²) in [5, 5.41) is 0. The molecule has 0 saturated carbocycles. The number of pyridine rings is 1. The van der Waals surface area contributed by atoms with Crippen molar-refractivity contribution in [1.82, 2.24) is 4.98 Å². The third-order valence-corrected chi connectivity index (χ3v) is 2.14. The van der Waals surface area contributed by atoms with Crippen LogP contribution in [0.2, 0.25) is 0 Å². The molecule has 0 aliphatic heterocycles. The van der Waals surface area contributed by atoms with Gasteiger partial charge in [-0.2, -0.15) is 0 Å². The number of hydrogen-bond acceptors (Lipinski definition) is 1. The maximum atomic E-state index is 4.00. The van der Waals surface area contributed by atoms with Crippen LogP contribution in [0, 0.1) is 6.92 Å². The first-order valence-corrected chi connectivity index (χ1v) is 4.34. The lowest BCUT2D eigenvalue weighted by Crippen LogP contribution is -1.81. The lowest BCUT2D eigenvalue weighted by molar-refractivity contribution is 1.32. The third kappa shape index (κ3) is 1.59. The Kier molecular flexibility index (Phi) is 2.09. The minimum Gasteiger partial charge on any atom is -0.265 e. The zero-order valence-corrected chi connectivity index (χ0v) is 7.57. The minimum absolute atomic E-state index is 1.23. The second-order valence-corrected chi connectivity index (χ2v) is 3.05. The molecular formula is C12H11N. The first kappa shape index (κ1) is 7.99. The van der Waals surface area contributed by atoms with Crippen LogP contribution < -0.4 is 0 Å². The zero-order chi connectivity index (χ0) is 9.10. The topological polar surface area (TPSA) is 12.9 Å².